The van der Waals surface area contributed by atoms with Gasteiger partial charge in [0.1, 0.15) is 0 Å². The van der Waals surface area contributed by atoms with E-state index in [4.69, 9.17) is 5.11 Å². The summed E-state index contributed by atoms with van der Waals surface area (Å²) in [4.78, 5) is 11.7. The Bertz CT molecular complexity index is 404. The number of aliphatic carboxylic acids is 1. The molecule has 1 aliphatic carbocycles. The standard InChI is InChI=1S/C10H8O2S.Na/c11-10(12)6-7-2-1-3-9-8(7)4-5-13-9;/h1,3-6H,2H2,(H,11,12);. The number of carbonyl (C=O) groups is 1. The molecule has 0 saturated heterocycles. The van der Waals surface area contributed by atoms with Gasteiger partial charge in [-0.15, -0.1) is 11.3 Å². The minimum atomic E-state index is -0.873. The third-order valence-electron chi connectivity index (χ3n) is 1.95. The molecule has 0 unspecified atom stereocenters. The molecule has 0 spiro atoms. The summed E-state index contributed by atoms with van der Waals surface area (Å²) in [6, 6.07) is 1.97. The maximum atomic E-state index is 10.5. The van der Waals surface area contributed by atoms with Crippen molar-refractivity contribution in [1.29, 1.82) is 0 Å². The van der Waals surface area contributed by atoms with E-state index >= 15 is 0 Å². The summed E-state index contributed by atoms with van der Waals surface area (Å²) in [6.45, 7) is 0. The second-order valence-electron chi connectivity index (χ2n) is 2.81. The Balaban J connectivity index is 0.000000980. The van der Waals surface area contributed by atoms with Gasteiger partial charge in [-0.1, -0.05) is 6.08 Å². The van der Waals surface area contributed by atoms with Crippen molar-refractivity contribution in [3.8, 4) is 0 Å². The fourth-order valence-electron chi connectivity index (χ4n) is 1.40. The van der Waals surface area contributed by atoms with Crippen molar-refractivity contribution in [2.45, 2.75) is 6.42 Å². The van der Waals surface area contributed by atoms with E-state index in [0.29, 0.717) is 0 Å². The molecule has 0 aromatic carbocycles. The summed E-state index contributed by atoms with van der Waals surface area (Å²) < 4.78 is 0. The van der Waals surface area contributed by atoms with Crippen molar-refractivity contribution in [3.63, 3.8) is 0 Å². The zero-order valence-corrected chi connectivity index (χ0v) is 10.7. The summed E-state index contributed by atoms with van der Waals surface area (Å²) >= 11 is 1.64. The Morgan fingerprint density at radius 2 is 2.36 bits per heavy atom. The topological polar surface area (TPSA) is 37.3 Å². The van der Waals surface area contributed by atoms with Gasteiger partial charge in [0.15, 0.2) is 0 Å². The van der Waals surface area contributed by atoms with Crippen LogP contribution in [0, 0.1) is 0 Å². The number of thiophene rings is 1. The first-order chi connectivity index (χ1) is 6.27. The van der Waals surface area contributed by atoms with Crippen LogP contribution in [-0.2, 0) is 4.79 Å². The molecule has 0 bridgehead atoms. The molecule has 1 heterocycles. The smallest absolute Gasteiger partial charge is 0.328 e. The van der Waals surface area contributed by atoms with Crippen LogP contribution in [0.15, 0.2) is 23.6 Å². The van der Waals surface area contributed by atoms with Gasteiger partial charge in [0.25, 0.3) is 0 Å². The van der Waals surface area contributed by atoms with Crippen molar-refractivity contribution < 1.29 is 9.90 Å². The fraction of sp³-hybridized carbons (Fsp3) is 0.100. The van der Waals surface area contributed by atoms with E-state index in [-0.39, 0.29) is 29.6 Å². The third-order valence-corrected chi connectivity index (χ3v) is 2.83. The van der Waals surface area contributed by atoms with E-state index in [1.807, 2.05) is 23.6 Å². The maximum Gasteiger partial charge on any atom is 0.328 e. The molecule has 0 saturated carbocycles. The van der Waals surface area contributed by atoms with Gasteiger partial charge < -0.3 is 5.11 Å². The Hall–Kier alpha value is -0.350. The fourth-order valence-corrected chi connectivity index (χ4v) is 2.26. The van der Waals surface area contributed by atoms with Gasteiger partial charge in [-0.2, -0.15) is 0 Å². The van der Waals surface area contributed by atoms with Crippen LogP contribution in [0.2, 0.25) is 0 Å². The third kappa shape index (κ3) is 2.36. The van der Waals surface area contributed by atoms with E-state index in [1.54, 1.807) is 11.3 Å². The molecule has 1 aromatic rings. The molecule has 0 amide bonds. The molecule has 1 radical (unpaired) electrons. The van der Waals surface area contributed by atoms with E-state index in [0.717, 1.165) is 22.4 Å². The van der Waals surface area contributed by atoms with Gasteiger partial charge in [0, 0.05) is 40.5 Å². The first-order valence-corrected chi connectivity index (χ1v) is 4.83. The average molecular weight is 215 g/mol. The average Bonchev–Trinajstić information content (AvgIpc) is 2.51. The number of carboxylic acids is 1. The van der Waals surface area contributed by atoms with Gasteiger partial charge >= 0.3 is 5.97 Å². The monoisotopic (exact) mass is 215 g/mol. The van der Waals surface area contributed by atoms with Crippen LogP contribution in [-0.4, -0.2) is 40.6 Å². The molecular weight excluding hydrogens is 207 g/mol. The second kappa shape index (κ2) is 4.94. The van der Waals surface area contributed by atoms with Gasteiger partial charge in [-0.3, -0.25) is 0 Å². The van der Waals surface area contributed by atoms with Crippen LogP contribution in [0.1, 0.15) is 16.9 Å². The summed E-state index contributed by atoms with van der Waals surface area (Å²) in [5.74, 6) is -0.873. The van der Waals surface area contributed by atoms with Crippen molar-refractivity contribution in [3.05, 3.63) is 34.0 Å². The van der Waals surface area contributed by atoms with E-state index < -0.39 is 5.97 Å². The molecule has 0 atom stereocenters. The van der Waals surface area contributed by atoms with Crippen LogP contribution in [0.4, 0.5) is 0 Å². The zero-order valence-electron chi connectivity index (χ0n) is 7.86. The van der Waals surface area contributed by atoms with Crippen molar-refractivity contribution in [1.82, 2.24) is 0 Å². The van der Waals surface area contributed by atoms with Crippen LogP contribution in [0.5, 0.6) is 0 Å². The van der Waals surface area contributed by atoms with Crippen molar-refractivity contribution in [2.24, 2.45) is 0 Å². The van der Waals surface area contributed by atoms with Crippen molar-refractivity contribution in [2.75, 3.05) is 0 Å². The van der Waals surface area contributed by atoms with Gasteiger partial charge in [-0.25, -0.2) is 4.79 Å². The molecule has 1 aromatic heterocycles. The normalized spacial score (nSPS) is 16.1. The Kier molecular flexibility index (Phi) is 4.13. The van der Waals surface area contributed by atoms with E-state index in [9.17, 15) is 4.79 Å². The van der Waals surface area contributed by atoms with Crippen molar-refractivity contribution >= 4 is 58.5 Å². The minimum absolute atomic E-state index is 0. The molecule has 2 rings (SSSR count). The number of allylic oxidation sites excluding steroid dienone is 2. The molecule has 4 heteroatoms. The van der Waals surface area contributed by atoms with Crippen LogP contribution >= 0.6 is 11.3 Å². The van der Waals surface area contributed by atoms with Crippen LogP contribution in [0.3, 0.4) is 0 Å². The quantitative estimate of drug-likeness (QED) is 0.576. The summed E-state index contributed by atoms with van der Waals surface area (Å²) in [5, 5.41) is 10.6. The second-order valence-corrected chi connectivity index (χ2v) is 3.76. The molecule has 1 N–H and O–H groups in total. The van der Waals surface area contributed by atoms with E-state index in [2.05, 4.69) is 0 Å². The predicted molar refractivity (Wildman–Crippen MR) is 59.3 cm³/mol. The zero-order chi connectivity index (χ0) is 9.26. The van der Waals surface area contributed by atoms with Gasteiger partial charge in [0.05, 0.1) is 0 Å². The molecular formula is C10H8NaO2S. The summed E-state index contributed by atoms with van der Waals surface area (Å²) in [5.41, 5.74) is 1.96. The SMILES string of the molecule is O=C(O)C=C1CC=Cc2sccc21.[Na]. The number of fused-ring (bicyclic) bond motifs is 1. The Labute approximate surface area is 108 Å². The minimum Gasteiger partial charge on any atom is -0.478 e. The molecule has 1 aliphatic rings. The number of hydrogen-bond donors (Lipinski definition) is 1. The van der Waals surface area contributed by atoms with Crippen LogP contribution in [0.25, 0.3) is 11.6 Å². The molecule has 14 heavy (non-hydrogen) atoms. The molecule has 0 fully saturated rings. The van der Waals surface area contributed by atoms with E-state index in [1.165, 1.54) is 6.08 Å². The molecule has 0 aliphatic heterocycles. The maximum absolute atomic E-state index is 10.5. The largest absolute Gasteiger partial charge is 0.478 e. The Morgan fingerprint density at radius 1 is 1.57 bits per heavy atom. The van der Waals surface area contributed by atoms with Gasteiger partial charge in [-0.05, 0) is 35.1 Å². The predicted octanol–water partition coefficient (Wildman–Crippen LogP) is 2.25. The molecule has 2 nitrogen and oxygen atoms in total. The summed E-state index contributed by atoms with van der Waals surface area (Å²) in [6.07, 6.45) is 6.04. The summed E-state index contributed by atoms with van der Waals surface area (Å²) in [7, 11) is 0. The first kappa shape index (κ1) is 11.7. The Morgan fingerprint density at radius 3 is 3.07 bits per heavy atom. The number of hydrogen-bond acceptors (Lipinski definition) is 2. The molecule has 67 valence electrons. The van der Waals surface area contributed by atoms with Crippen LogP contribution < -0.4 is 0 Å². The number of rotatable bonds is 1. The number of carboxylic acid groups (broad SMARTS) is 1. The van der Waals surface area contributed by atoms with Gasteiger partial charge in [0.2, 0.25) is 0 Å². The first-order valence-electron chi connectivity index (χ1n) is 3.95.